The summed E-state index contributed by atoms with van der Waals surface area (Å²) in [7, 11) is 1.28. The van der Waals surface area contributed by atoms with E-state index < -0.39 is 11.5 Å². The highest BCUT2D eigenvalue weighted by molar-refractivity contribution is 5.79. The second-order valence-corrected chi connectivity index (χ2v) is 3.86. The summed E-state index contributed by atoms with van der Waals surface area (Å²) in [6.45, 7) is 2.03. The number of carbonyl (C=O) groups is 1. The van der Waals surface area contributed by atoms with Gasteiger partial charge in [-0.3, -0.25) is 0 Å². The summed E-state index contributed by atoms with van der Waals surface area (Å²) in [4.78, 5) is 16.8. The lowest BCUT2D eigenvalue weighted by Crippen LogP contribution is -2.49. The van der Waals surface area contributed by atoms with E-state index in [1.807, 2.05) is 0 Å². The molecule has 0 aromatic heterocycles. The minimum atomic E-state index is -1.18. The molecule has 0 aromatic carbocycles. The Kier molecular flexibility index (Phi) is 4.52. The van der Waals surface area contributed by atoms with Crippen LogP contribution in [0.4, 0.5) is 0 Å². The molecule has 1 fully saturated rings. The summed E-state index contributed by atoms with van der Waals surface area (Å²) in [6.07, 6.45) is 3.63. The summed E-state index contributed by atoms with van der Waals surface area (Å²) in [6, 6.07) is 0. The number of hydrogen-bond acceptors (Lipinski definition) is 5. The lowest BCUT2D eigenvalue weighted by atomic mass is 9.82. The number of carbonyl (C=O) groups excluding carboxylic acids is 1. The van der Waals surface area contributed by atoms with Crippen LogP contribution in [0.2, 0.25) is 0 Å². The molecule has 1 aliphatic carbocycles. The number of hydroxylamine groups is 1. The fourth-order valence-corrected chi connectivity index (χ4v) is 1.99. The molecule has 1 aliphatic rings. The maximum absolute atomic E-state index is 11.8. The average molecular weight is 230 g/mol. The van der Waals surface area contributed by atoms with Crippen molar-refractivity contribution < 1.29 is 19.2 Å². The van der Waals surface area contributed by atoms with E-state index in [2.05, 4.69) is 5.28 Å². The van der Waals surface area contributed by atoms with Gasteiger partial charge in [0.1, 0.15) is 6.61 Å². The van der Waals surface area contributed by atoms with Crippen LogP contribution in [0, 0.1) is 5.21 Å². The molecular formula is C10H18N2O4. The predicted octanol–water partition coefficient (Wildman–Crippen LogP) is 1.78. The molecule has 0 bridgehead atoms. The third kappa shape index (κ3) is 2.43. The highest BCUT2D eigenvalue weighted by atomic mass is 16.7. The highest BCUT2D eigenvalue weighted by Gasteiger charge is 2.51. The zero-order valence-corrected chi connectivity index (χ0v) is 9.77. The summed E-state index contributed by atoms with van der Waals surface area (Å²) >= 11 is 0. The second kappa shape index (κ2) is 5.67. The van der Waals surface area contributed by atoms with Crippen molar-refractivity contribution in [3.8, 4) is 0 Å². The summed E-state index contributed by atoms with van der Waals surface area (Å²) in [5.41, 5.74) is -1.18. The molecule has 0 aliphatic heterocycles. The van der Waals surface area contributed by atoms with Crippen molar-refractivity contribution in [2.45, 2.75) is 44.6 Å². The molecule has 1 rings (SSSR count). The predicted molar refractivity (Wildman–Crippen MR) is 55.5 cm³/mol. The smallest absolute Gasteiger partial charge is 0.382 e. The van der Waals surface area contributed by atoms with Gasteiger partial charge in [0.05, 0.1) is 7.11 Å². The van der Waals surface area contributed by atoms with Gasteiger partial charge in [-0.2, -0.15) is 0 Å². The van der Waals surface area contributed by atoms with Gasteiger partial charge < -0.3 is 14.8 Å². The van der Waals surface area contributed by atoms with Gasteiger partial charge in [0.15, 0.2) is 0 Å². The van der Waals surface area contributed by atoms with E-state index in [1.54, 1.807) is 6.92 Å². The second-order valence-electron chi connectivity index (χ2n) is 3.86. The molecule has 6 nitrogen and oxygen atoms in total. The lowest BCUT2D eigenvalue weighted by Gasteiger charge is -2.29. The molecule has 16 heavy (non-hydrogen) atoms. The summed E-state index contributed by atoms with van der Waals surface area (Å²) in [5.74, 6) is -0.523. The Hall–Kier alpha value is -1.33. The van der Waals surface area contributed by atoms with E-state index in [1.165, 1.54) is 7.11 Å². The Labute approximate surface area is 94.8 Å². The Morgan fingerprint density at radius 1 is 1.44 bits per heavy atom. The molecule has 6 heteroatoms. The third-order valence-corrected chi connectivity index (χ3v) is 2.87. The number of ether oxygens (including phenoxy) is 1. The van der Waals surface area contributed by atoms with E-state index in [0.717, 1.165) is 19.3 Å². The van der Waals surface area contributed by atoms with E-state index >= 15 is 0 Å². The van der Waals surface area contributed by atoms with Crippen LogP contribution in [0.15, 0.2) is 5.28 Å². The molecule has 0 heterocycles. The first-order valence-electron chi connectivity index (χ1n) is 5.56. The average Bonchev–Trinajstić information content (AvgIpc) is 2.35. The Morgan fingerprint density at radius 2 is 2.06 bits per heavy atom. The monoisotopic (exact) mass is 230 g/mol. The van der Waals surface area contributed by atoms with Gasteiger partial charge in [-0.05, 0) is 24.6 Å². The quantitative estimate of drug-likeness (QED) is 0.319. The molecule has 0 radical (unpaired) electrons. The van der Waals surface area contributed by atoms with E-state index in [4.69, 9.17) is 9.57 Å². The van der Waals surface area contributed by atoms with Gasteiger partial charge in [0.25, 0.3) is 5.54 Å². The molecule has 0 amide bonds. The van der Waals surface area contributed by atoms with Crippen LogP contribution in [0.3, 0.4) is 0 Å². The molecule has 0 N–H and O–H groups in total. The van der Waals surface area contributed by atoms with E-state index in [9.17, 15) is 10.0 Å². The zero-order valence-electron chi connectivity index (χ0n) is 9.77. The first-order chi connectivity index (χ1) is 7.67. The maximum Gasteiger partial charge on any atom is 0.382 e. The maximum atomic E-state index is 11.8. The molecule has 0 aromatic rings. The minimum absolute atomic E-state index is 0.302. The largest absolute Gasteiger partial charge is 0.596 e. The molecule has 1 saturated carbocycles. The van der Waals surface area contributed by atoms with Gasteiger partial charge in [-0.15, -0.1) is 0 Å². The molecule has 0 spiro atoms. The number of hydrogen-bond donors (Lipinski definition) is 0. The summed E-state index contributed by atoms with van der Waals surface area (Å²) < 4.78 is 4.70. The van der Waals surface area contributed by atoms with Crippen LogP contribution in [0.5, 0.6) is 0 Å². The van der Waals surface area contributed by atoms with Gasteiger partial charge in [-0.1, -0.05) is 6.42 Å². The number of esters is 1. The van der Waals surface area contributed by atoms with Gasteiger partial charge in [0.2, 0.25) is 5.28 Å². The number of nitrogens with zero attached hydrogens (tertiary/aromatic N) is 2. The molecule has 0 atom stereocenters. The zero-order chi connectivity index (χ0) is 12.0. The third-order valence-electron chi connectivity index (χ3n) is 2.87. The van der Waals surface area contributed by atoms with Gasteiger partial charge in [-0.25, -0.2) is 4.79 Å². The first kappa shape index (κ1) is 12.7. The minimum Gasteiger partial charge on any atom is -0.596 e. The van der Waals surface area contributed by atoms with E-state index in [-0.39, 0.29) is 0 Å². The first-order valence-corrected chi connectivity index (χ1v) is 5.56. The van der Waals surface area contributed by atoms with E-state index in [0.29, 0.717) is 24.3 Å². The van der Waals surface area contributed by atoms with Crippen LogP contribution < -0.4 is 0 Å². The SMILES string of the molecule is CCO/N=[N+](\[O-])C1(C(=O)OC)CCCCC1. The lowest BCUT2D eigenvalue weighted by molar-refractivity contribution is -0.624. The normalized spacial score (nSPS) is 20.2. The molecular weight excluding hydrogens is 212 g/mol. The Balaban J connectivity index is 2.89. The van der Waals surface area contributed by atoms with Crippen molar-refractivity contribution in [3.63, 3.8) is 0 Å². The molecule has 0 saturated heterocycles. The van der Waals surface area contributed by atoms with Crippen LogP contribution in [-0.2, 0) is 14.4 Å². The fourth-order valence-electron chi connectivity index (χ4n) is 1.99. The number of rotatable bonds is 4. The molecule has 0 unspecified atom stereocenters. The fraction of sp³-hybridized carbons (Fsp3) is 0.900. The Morgan fingerprint density at radius 3 is 2.56 bits per heavy atom. The topological polar surface area (TPSA) is 74.0 Å². The number of methoxy groups -OCH3 is 1. The van der Waals surface area contributed by atoms with Crippen molar-refractivity contribution in [2.75, 3.05) is 13.7 Å². The van der Waals surface area contributed by atoms with Crippen molar-refractivity contribution in [1.29, 1.82) is 0 Å². The van der Waals surface area contributed by atoms with Crippen LogP contribution in [-0.4, -0.2) is 30.1 Å². The Bertz CT molecular complexity index is 272. The van der Waals surface area contributed by atoms with Crippen molar-refractivity contribution in [2.24, 2.45) is 5.28 Å². The van der Waals surface area contributed by atoms with Crippen molar-refractivity contribution in [3.05, 3.63) is 5.21 Å². The van der Waals surface area contributed by atoms with Crippen molar-refractivity contribution in [1.82, 2.24) is 0 Å². The van der Waals surface area contributed by atoms with Gasteiger partial charge in [0, 0.05) is 12.8 Å². The van der Waals surface area contributed by atoms with Gasteiger partial charge >= 0.3 is 5.97 Å². The van der Waals surface area contributed by atoms with Crippen LogP contribution in [0.1, 0.15) is 39.0 Å². The van der Waals surface area contributed by atoms with Crippen LogP contribution >= 0.6 is 0 Å². The standard InChI is InChI=1S/C10H18N2O4/c1-3-16-11-12(14)10(9(13)15-2)7-5-4-6-8-10/h3-8H2,1-2H3/b12-11-. The highest BCUT2D eigenvalue weighted by Crippen LogP contribution is 2.32. The molecule has 92 valence electrons. The summed E-state index contributed by atoms with van der Waals surface area (Å²) in [5, 5.41) is 15.2. The van der Waals surface area contributed by atoms with Crippen molar-refractivity contribution >= 4 is 5.97 Å². The van der Waals surface area contributed by atoms with Crippen LogP contribution in [0.25, 0.3) is 0 Å².